The van der Waals surface area contributed by atoms with Crippen molar-refractivity contribution in [1.29, 1.82) is 0 Å². The SMILES string of the molecule is Oc1cc2c(cc1O)C1=CSCN1CC2. The van der Waals surface area contributed by atoms with Crippen molar-refractivity contribution >= 4 is 17.5 Å². The van der Waals surface area contributed by atoms with Gasteiger partial charge in [-0.15, -0.1) is 11.8 Å². The van der Waals surface area contributed by atoms with E-state index < -0.39 is 0 Å². The normalized spacial score (nSPS) is 18.4. The number of phenolic OH excluding ortho intramolecular Hbond substituents is 2. The van der Waals surface area contributed by atoms with E-state index in [9.17, 15) is 10.2 Å². The lowest BCUT2D eigenvalue weighted by Crippen LogP contribution is -2.26. The van der Waals surface area contributed by atoms with Gasteiger partial charge in [0.15, 0.2) is 11.5 Å². The second-order valence-corrected chi connectivity index (χ2v) is 4.64. The molecule has 15 heavy (non-hydrogen) atoms. The van der Waals surface area contributed by atoms with Crippen molar-refractivity contribution in [3.8, 4) is 11.5 Å². The topological polar surface area (TPSA) is 43.7 Å². The highest BCUT2D eigenvalue weighted by atomic mass is 32.2. The predicted octanol–water partition coefficient (Wildman–Crippen LogP) is 1.96. The van der Waals surface area contributed by atoms with Gasteiger partial charge in [-0.1, -0.05) is 0 Å². The third kappa shape index (κ3) is 1.28. The van der Waals surface area contributed by atoms with Crippen LogP contribution in [0, 0.1) is 0 Å². The first-order valence-corrected chi connectivity index (χ1v) is 5.92. The lowest BCUT2D eigenvalue weighted by Gasteiger charge is -2.28. The van der Waals surface area contributed by atoms with Gasteiger partial charge in [-0.25, -0.2) is 0 Å². The van der Waals surface area contributed by atoms with Crippen LogP contribution in [0.1, 0.15) is 11.1 Å². The molecule has 0 spiro atoms. The number of aromatic hydroxyl groups is 2. The van der Waals surface area contributed by atoms with Crippen LogP contribution < -0.4 is 0 Å². The number of benzene rings is 1. The summed E-state index contributed by atoms with van der Waals surface area (Å²) in [6.45, 7) is 0.996. The molecule has 3 rings (SSSR count). The molecule has 0 bridgehead atoms. The molecule has 78 valence electrons. The lowest BCUT2D eigenvalue weighted by atomic mass is 9.97. The van der Waals surface area contributed by atoms with Crippen LogP contribution in [0.2, 0.25) is 0 Å². The van der Waals surface area contributed by atoms with Crippen molar-refractivity contribution in [2.45, 2.75) is 6.42 Å². The van der Waals surface area contributed by atoms with E-state index in [4.69, 9.17) is 0 Å². The molecule has 0 saturated carbocycles. The molecule has 0 amide bonds. The summed E-state index contributed by atoms with van der Waals surface area (Å²) >= 11 is 1.77. The first-order chi connectivity index (χ1) is 7.25. The first kappa shape index (κ1) is 8.97. The average molecular weight is 221 g/mol. The summed E-state index contributed by atoms with van der Waals surface area (Å²) in [6.07, 6.45) is 0.932. The number of thioether (sulfide) groups is 1. The monoisotopic (exact) mass is 221 g/mol. The molecule has 2 aliphatic rings. The van der Waals surface area contributed by atoms with Gasteiger partial charge in [-0.05, 0) is 29.5 Å². The minimum absolute atomic E-state index is 0.0200. The highest BCUT2D eigenvalue weighted by molar-refractivity contribution is 8.02. The maximum Gasteiger partial charge on any atom is 0.158 e. The van der Waals surface area contributed by atoms with Crippen LogP contribution in [0.25, 0.3) is 5.70 Å². The number of nitrogens with zero attached hydrogens (tertiary/aromatic N) is 1. The molecular weight excluding hydrogens is 210 g/mol. The maximum absolute atomic E-state index is 9.49. The Hall–Kier alpha value is -1.29. The van der Waals surface area contributed by atoms with Gasteiger partial charge in [0.05, 0.1) is 11.6 Å². The van der Waals surface area contributed by atoms with Crippen molar-refractivity contribution in [1.82, 2.24) is 4.90 Å². The van der Waals surface area contributed by atoms with E-state index in [0.717, 1.165) is 30.0 Å². The van der Waals surface area contributed by atoms with Crippen molar-refractivity contribution < 1.29 is 10.2 Å². The first-order valence-electron chi connectivity index (χ1n) is 4.87. The molecule has 0 saturated heterocycles. The zero-order valence-corrected chi connectivity index (χ0v) is 8.92. The van der Waals surface area contributed by atoms with Gasteiger partial charge in [0.25, 0.3) is 0 Å². The standard InChI is InChI=1S/C11H11NO2S/c13-10-3-7-1-2-12-6-15-5-9(12)8(7)4-11(10)14/h3-5,13-14H,1-2,6H2. The van der Waals surface area contributed by atoms with Crippen molar-refractivity contribution in [2.24, 2.45) is 0 Å². The molecule has 1 aromatic carbocycles. The van der Waals surface area contributed by atoms with Crippen LogP contribution >= 0.6 is 11.8 Å². The van der Waals surface area contributed by atoms with Crippen molar-refractivity contribution in [3.63, 3.8) is 0 Å². The summed E-state index contributed by atoms with van der Waals surface area (Å²) in [5.41, 5.74) is 3.36. The van der Waals surface area contributed by atoms with Crippen molar-refractivity contribution in [2.75, 3.05) is 12.4 Å². The number of phenols is 2. The fraction of sp³-hybridized carbons (Fsp3) is 0.273. The van der Waals surface area contributed by atoms with E-state index in [2.05, 4.69) is 10.3 Å². The number of hydrogen-bond donors (Lipinski definition) is 2. The van der Waals surface area contributed by atoms with E-state index in [1.165, 1.54) is 5.70 Å². The molecule has 0 aromatic heterocycles. The molecule has 0 fully saturated rings. The molecular formula is C11H11NO2S. The molecule has 2 N–H and O–H groups in total. The van der Waals surface area contributed by atoms with Crippen LogP contribution in [-0.4, -0.2) is 27.5 Å². The van der Waals surface area contributed by atoms with E-state index in [1.54, 1.807) is 23.9 Å². The van der Waals surface area contributed by atoms with E-state index in [-0.39, 0.29) is 11.5 Å². The second kappa shape index (κ2) is 3.10. The molecule has 2 aliphatic heterocycles. The Labute approximate surface area is 92.0 Å². The Morgan fingerprint density at radius 3 is 2.87 bits per heavy atom. The van der Waals surface area contributed by atoms with Gasteiger partial charge < -0.3 is 15.1 Å². The third-order valence-corrected chi connectivity index (χ3v) is 3.74. The fourth-order valence-electron chi connectivity index (χ4n) is 2.09. The smallest absolute Gasteiger partial charge is 0.158 e. The van der Waals surface area contributed by atoms with Gasteiger partial charge in [0.2, 0.25) is 0 Å². The molecule has 4 heteroatoms. The van der Waals surface area contributed by atoms with Crippen LogP contribution in [0.15, 0.2) is 17.5 Å². The Bertz CT molecular complexity index is 456. The predicted molar refractivity (Wildman–Crippen MR) is 60.6 cm³/mol. The maximum atomic E-state index is 9.49. The molecule has 0 atom stereocenters. The summed E-state index contributed by atoms with van der Waals surface area (Å²) in [6, 6.07) is 3.33. The molecule has 0 aliphatic carbocycles. The summed E-state index contributed by atoms with van der Waals surface area (Å²) in [4.78, 5) is 2.30. The van der Waals surface area contributed by atoms with Crippen LogP contribution in [-0.2, 0) is 6.42 Å². The highest BCUT2D eigenvalue weighted by Gasteiger charge is 2.25. The summed E-state index contributed by atoms with van der Waals surface area (Å²) in [5.74, 6) is 0.943. The Kier molecular flexibility index (Phi) is 1.85. The van der Waals surface area contributed by atoms with Crippen LogP contribution in [0.4, 0.5) is 0 Å². The van der Waals surface area contributed by atoms with Crippen LogP contribution in [0.3, 0.4) is 0 Å². The van der Waals surface area contributed by atoms with Gasteiger partial charge >= 0.3 is 0 Å². The van der Waals surface area contributed by atoms with Gasteiger partial charge in [0, 0.05) is 12.1 Å². The minimum Gasteiger partial charge on any atom is -0.504 e. The Morgan fingerprint density at radius 1 is 1.20 bits per heavy atom. The van der Waals surface area contributed by atoms with Gasteiger partial charge in [-0.3, -0.25) is 0 Å². The molecule has 2 heterocycles. The van der Waals surface area contributed by atoms with E-state index in [1.807, 2.05) is 0 Å². The van der Waals surface area contributed by atoms with E-state index >= 15 is 0 Å². The summed E-state index contributed by atoms with van der Waals surface area (Å²) < 4.78 is 0. The minimum atomic E-state index is -0.0339. The molecule has 1 aromatic rings. The zero-order chi connectivity index (χ0) is 10.4. The molecule has 0 unspecified atom stereocenters. The molecule has 3 nitrogen and oxygen atoms in total. The van der Waals surface area contributed by atoms with Crippen LogP contribution in [0.5, 0.6) is 11.5 Å². The summed E-state index contributed by atoms with van der Waals surface area (Å²) in [5, 5.41) is 21.0. The largest absolute Gasteiger partial charge is 0.504 e. The molecule has 0 radical (unpaired) electrons. The number of fused-ring (bicyclic) bond motifs is 3. The number of rotatable bonds is 0. The Morgan fingerprint density at radius 2 is 2.00 bits per heavy atom. The zero-order valence-electron chi connectivity index (χ0n) is 8.10. The third-order valence-electron chi connectivity index (χ3n) is 2.89. The Balaban J connectivity index is 2.17. The van der Waals surface area contributed by atoms with Gasteiger partial charge in [0.1, 0.15) is 0 Å². The lowest BCUT2D eigenvalue weighted by molar-refractivity contribution is 0.399. The quantitative estimate of drug-likeness (QED) is 0.657. The van der Waals surface area contributed by atoms with Gasteiger partial charge in [-0.2, -0.15) is 0 Å². The fourth-order valence-corrected chi connectivity index (χ4v) is 3.05. The second-order valence-electron chi connectivity index (χ2n) is 3.81. The highest BCUT2D eigenvalue weighted by Crippen LogP contribution is 2.40. The van der Waals surface area contributed by atoms with Crippen molar-refractivity contribution in [3.05, 3.63) is 28.7 Å². The van der Waals surface area contributed by atoms with E-state index in [0.29, 0.717) is 0 Å². The number of hydrogen-bond acceptors (Lipinski definition) is 4. The average Bonchev–Trinajstić information content (AvgIpc) is 2.68. The summed E-state index contributed by atoms with van der Waals surface area (Å²) in [7, 11) is 0.